The summed E-state index contributed by atoms with van der Waals surface area (Å²) in [5.74, 6) is 1.34. The highest BCUT2D eigenvalue weighted by Crippen LogP contribution is 2.33. The predicted molar refractivity (Wildman–Crippen MR) is 94.2 cm³/mol. The summed E-state index contributed by atoms with van der Waals surface area (Å²) in [5, 5.41) is 13.1. The van der Waals surface area contributed by atoms with Crippen molar-refractivity contribution >= 4 is 11.6 Å². The molecule has 2 heterocycles. The maximum Gasteiger partial charge on any atom is 0.213 e. The van der Waals surface area contributed by atoms with Gasteiger partial charge in [0.1, 0.15) is 12.2 Å². The summed E-state index contributed by atoms with van der Waals surface area (Å²) in [6.07, 6.45) is 2.62. The summed E-state index contributed by atoms with van der Waals surface area (Å²) in [4.78, 5) is 4.22. The maximum atomic E-state index is 8.85. The van der Waals surface area contributed by atoms with Crippen LogP contribution in [0.3, 0.4) is 0 Å². The van der Waals surface area contributed by atoms with Gasteiger partial charge in [-0.3, -0.25) is 0 Å². The first-order valence-corrected chi connectivity index (χ1v) is 8.54. The lowest BCUT2D eigenvalue weighted by Crippen LogP contribution is -2.41. The maximum absolute atomic E-state index is 8.85. The van der Waals surface area contributed by atoms with Gasteiger partial charge >= 0.3 is 0 Å². The van der Waals surface area contributed by atoms with Crippen LogP contribution in [0.2, 0.25) is 5.02 Å². The zero-order chi connectivity index (χ0) is 16.9. The van der Waals surface area contributed by atoms with Gasteiger partial charge in [-0.2, -0.15) is 5.26 Å². The van der Waals surface area contributed by atoms with Crippen LogP contribution in [0.4, 0.5) is 0 Å². The highest BCUT2D eigenvalue weighted by atomic mass is 35.5. The van der Waals surface area contributed by atoms with Crippen molar-refractivity contribution in [2.75, 3.05) is 13.1 Å². The van der Waals surface area contributed by atoms with Gasteiger partial charge in [0.2, 0.25) is 5.88 Å². The Hall–Kier alpha value is -2.09. The third-order valence-electron chi connectivity index (χ3n) is 4.61. The van der Waals surface area contributed by atoms with Crippen molar-refractivity contribution in [1.82, 2.24) is 10.3 Å². The molecule has 1 fully saturated rings. The monoisotopic (exact) mass is 341 g/mol. The van der Waals surface area contributed by atoms with E-state index >= 15 is 0 Å². The second-order valence-electron chi connectivity index (χ2n) is 6.13. The molecular formula is C19H20ClN3O. The van der Waals surface area contributed by atoms with Crippen molar-refractivity contribution in [3.05, 3.63) is 58.7 Å². The fourth-order valence-electron chi connectivity index (χ4n) is 3.31. The molecule has 0 spiro atoms. The van der Waals surface area contributed by atoms with E-state index in [0.717, 1.165) is 24.5 Å². The third kappa shape index (κ3) is 3.87. The van der Waals surface area contributed by atoms with E-state index in [1.807, 2.05) is 12.1 Å². The molecule has 1 saturated heterocycles. The number of hydrogen-bond donors (Lipinski definition) is 1. The first-order valence-electron chi connectivity index (χ1n) is 8.16. The van der Waals surface area contributed by atoms with E-state index in [4.69, 9.17) is 21.6 Å². The summed E-state index contributed by atoms with van der Waals surface area (Å²) >= 11 is 6.01. The molecule has 0 amide bonds. The molecule has 5 heteroatoms. The molecule has 3 rings (SSSR count). The predicted octanol–water partition coefficient (Wildman–Crippen LogP) is 3.77. The van der Waals surface area contributed by atoms with Crippen LogP contribution in [0.5, 0.6) is 5.88 Å². The topological polar surface area (TPSA) is 57.9 Å². The molecule has 1 N–H and O–H groups in total. The number of nitriles is 1. The van der Waals surface area contributed by atoms with E-state index in [2.05, 4.69) is 35.4 Å². The molecule has 1 aliphatic heterocycles. The molecule has 0 unspecified atom stereocenters. The number of piperidine rings is 1. The Morgan fingerprint density at radius 2 is 2.08 bits per heavy atom. The van der Waals surface area contributed by atoms with Crippen LogP contribution >= 0.6 is 11.6 Å². The molecule has 1 aromatic heterocycles. The zero-order valence-corrected chi connectivity index (χ0v) is 14.3. The van der Waals surface area contributed by atoms with Gasteiger partial charge < -0.3 is 10.1 Å². The number of nitrogens with one attached hydrogen (secondary N) is 1. The SMILES string of the molecule is C[C@H](Oc1ccc(C#N)cn1)[C@H]1CCNC[C@@H]1c1ccc(Cl)cc1. The zero-order valence-electron chi connectivity index (χ0n) is 13.6. The minimum atomic E-state index is 0.0354. The molecule has 0 saturated carbocycles. The van der Waals surface area contributed by atoms with Crippen molar-refractivity contribution < 1.29 is 4.74 Å². The molecule has 3 atom stereocenters. The molecule has 4 nitrogen and oxygen atoms in total. The Labute approximate surface area is 147 Å². The number of aromatic nitrogens is 1. The molecular weight excluding hydrogens is 322 g/mol. The fourth-order valence-corrected chi connectivity index (χ4v) is 3.44. The molecule has 2 aromatic rings. The van der Waals surface area contributed by atoms with Crippen LogP contribution in [0, 0.1) is 17.2 Å². The molecule has 0 radical (unpaired) electrons. The standard InChI is InChI=1S/C19H20ClN3O/c1-13(24-19-7-2-14(10-21)11-23-19)17-8-9-22-12-18(17)15-3-5-16(20)6-4-15/h2-7,11,13,17-18,22H,8-9,12H2,1H3/t13-,17+,18+/m0/s1. The van der Waals surface area contributed by atoms with E-state index in [0.29, 0.717) is 23.3 Å². The summed E-state index contributed by atoms with van der Waals surface area (Å²) in [7, 11) is 0. The van der Waals surface area contributed by atoms with Crippen LogP contribution in [0.25, 0.3) is 0 Å². The van der Waals surface area contributed by atoms with Crippen LogP contribution < -0.4 is 10.1 Å². The van der Waals surface area contributed by atoms with Gasteiger partial charge in [0.25, 0.3) is 0 Å². The molecule has 124 valence electrons. The molecule has 0 bridgehead atoms. The first-order chi connectivity index (χ1) is 11.7. The number of hydrogen-bond acceptors (Lipinski definition) is 4. The smallest absolute Gasteiger partial charge is 0.213 e. The lowest BCUT2D eigenvalue weighted by atomic mass is 9.78. The highest BCUT2D eigenvalue weighted by molar-refractivity contribution is 6.30. The van der Waals surface area contributed by atoms with Gasteiger partial charge in [0.05, 0.1) is 5.56 Å². The minimum Gasteiger partial charge on any atom is -0.474 e. The number of halogens is 1. The van der Waals surface area contributed by atoms with Crippen LogP contribution in [0.15, 0.2) is 42.6 Å². The Bertz CT molecular complexity index is 709. The van der Waals surface area contributed by atoms with Gasteiger partial charge in [0.15, 0.2) is 0 Å². The van der Waals surface area contributed by atoms with Crippen molar-refractivity contribution in [3.63, 3.8) is 0 Å². The molecule has 24 heavy (non-hydrogen) atoms. The third-order valence-corrected chi connectivity index (χ3v) is 4.86. The van der Waals surface area contributed by atoms with Crippen LogP contribution in [-0.2, 0) is 0 Å². The summed E-state index contributed by atoms with van der Waals surface area (Å²) in [6.45, 7) is 4.02. The second-order valence-corrected chi connectivity index (χ2v) is 6.57. The van der Waals surface area contributed by atoms with Crippen LogP contribution in [0.1, 0.15) is 30.4 Å². The average molecular weight is 342 g/mol. The van der Waals surface area contributed by atoms with E-state index in [9.17, 15) is 0 Å². The quantitative estimate of drug-likeness (QED) is 0.919. The van der Waals surface area contributed by atoms with Crippen molar-refractivity contribution in [1.29, 1.82) is 5.26 Å². The second kappa shape index (κ2) is 7.65. The average Bonchev–Trinajstić information content (AvgIpc) is 2.63. The number of ether oxygens (including phenoxy) is 1. The minimum absolute atomic E-state index is 0.0354. The summed E-state index contributed by atoms with van der Waals surface area (Å²) in [5.41, 5.74) is 1.82. The molecule has 1 aromatic carbocycles. The Morgan fingerprint density at radius 3 is 2.75 bits per heavy atom. The largest absolute Gasteiger partial charge is 0.474 e. The lowest BCUT2D eigenvalue weighted by molar-refractivity contribution is 0.108. The number of nitrogens with zero attached hydrogens (tertiary/aromatic N) is 2. The molecule has 1 aliphatic rings. The first kappa shape index (κ1) is 16.8. The van der Waals surface area contributed by atoms with Gasteiger partial charge in [-0.15, -0.1) is 0 Å². The fraction of sp³-hybridized carbons (Fsp3) is 0.368. The Balaban J connectivity index is 1.74. The number of pyridine rings is 1. The Kier molecular flexibility index (Phi) is 5.34. The van der Waals surface area contributed by atoms with E-state index in [1.165, 1.54) is 5.56 Å². The number of rotatable bonds is 4. The summed E-state index contributed by atoms with van der Waals surface area (Å²) < 4.78 is 6.05. The Morgan fingerprint density at radius 1 is 1.29 bits per heavy atom. The van der Waals surface area contributed by atoms with E-state index in [-0.39, 0.29) is 6.10 Å². The number of benzene rings is 1. The summed E-state index contributed by atoms with van der Waals surface area (Å²) in [6, 6.07) is 13.6. The van der Waals surface area contributed by atoms with Gasteiger partial charge in [-0.05, 0) is 43.7 Å². The normalized spacial score (nSPS) is 21.7. The van der Waals surface area contributed by atoms with Crippen molar-refractivity contribution in [2.45, 2.75) is 25.4 Å². The molecule has 0 aliphatic carbocycles. The van der Waals surface area contributed by atoms with Gasteiger partial charge in [-0.25, -0.2) is 4.98 Å². The van der Waals surface area contributed by atoms with Crippen LogP contribution in [-0.4, -0.2) is 24.2 Å². The van der Waals surface area contributed by atoms with Crippen molar-refractivity contribution in [2.24, 2.45) is 5.92 Å². The van der Waals surface area contributed by atoms with Gasteiger partial charge in [-0.1, -0.05) is 23.7 Å². The van der Waals surface area contributed by atoms with E-state index in [1.54, 1.807) is 18.3 Å². The van der Waals surface area contributed by atoms with E-state index < -0.39 is 0 Å². The highest BCUT2D eigenvalue weighted by Gasteiger charge is 2.32. The lowest BCUT2D eigenvalue weighted by Gasteiger charge is -2.36. The van der Waals surface area contributed by atoms with Gasteiger partial charge in [0, 0.05) is 35.7 Å². The van der Waals surface area contributed by atoms with Crippen molar-refractivity contribution in [3.8, 4) is 11.9 Å².